The molecule has 2 N–H and O–H groups in total. The molecule has 0 saturated carbocycles. The highest BCUT2D eigenvalue weighted by Gasteiger charge is 2.01. The van der Waals surface area contributed by atoms with Crippen LogP contribution >= 0.6 is 12.2 Å². The lowest BCUT2D eigenvalue weighted by Crippen LogP contribution is -1.82. The van der Waals surface area contributed by atoms with Crippen molar-refractivity contribution >= 4 is 12.2 Å². The maximum atomic E-state index is 4.94. The Bertz CT molecular complexity index is 696. The zero-order valence-corrected chi connectivity index (χ0v) is 10.4. The molecule has 1 aromatic heterocycles. The van der Waals surface area contributed by atoms with Gasteiger partial charge in [0.25, 0.3) is 0 Å². The fourth-order valence-corrected chi connectivity index (χ4v) is 2.00. The highest BCUT2D eigenvalue weighted by molar-refractivity contribution is 7.71. The molecule has 1 heterocycles. The maximum Gasteiger partial charge on any atom is 0.213 e. The van der Waals surface area contributed by atoms with E-state index in [1.165, 1.54) is 11.1 Å². The fourth-order valence-electron chi connectivity index (χ4n) is 1.86. The molecular weight excluding hydrogens is 242 g/mol. The Morgan fingerprint density at radius 1 is 0.722 bits per heavy atom. The minimum atomic E-state index is 0.470. The van der Waals surface area contributed by atoms with Gasteiger partial charge in [-0.25, -0.2) is 0 Å². The highest BCUT2D eigenvalue weighted by Crippen LogP contribution is 2.22. The Kier molecular flexibility index (Phi) is 2.78. The minimum absolute atomic E-state index is 0.470. The number of rotatable bonds is 2. The van der Waals surface area contributed by atoms with Gasteiger partial charge in [-0.2, -0.15) is 4.98 Å². The van der Waals surface area contributed by atoms with E-state index in [9.17, 15) is 0 Å². The van der Waals surface area contributed by atoms with Gasteiger partial charge >= 0.3 is 0 Å². The summed E-state index contributed by atoms with van der Waals surface area (Å²) in [6.45, 7) is 0. The zero-order valence-electron chi connectivity index (χ0n) is 9.55. The molecule has 4 heteroatoms. The van der Waals surface area contributed by atoms with Crippen LogP contribution in [-0.4, -0.2) is 15.2 Å². The van der Waals surface area contributed by atoms with E-state index < -0.39 is 0 Å². The van der Waals surface area contributed by atoms with Crippen molar-refractivity contribution in [2.45, 2.75) is 0 Å². The van der Waals surface area contributed by atoms with Crippen LogP contribution in [-0.2, 0) is 0 Å². The van der Waals surface area contributed by atoms with E-state index in [1.807, 2.05) is 30.3 Å². The Balaban J connectivity index is 1.97. The Hall–Kier alpha value is -2.20. The standard InChI is InChI=1S/C14H11N3S/c18-14-15-13(16-17-14)12-8-6-11(7-9-12)10-4-2-1-3-5-10/h1-9H,(H2,15,16,17,18). The molecule has 2 aromatic carbocycles. The lowest BCUT2D eigenvalue weighted by atomic mass is 10.0. The van der Waals surface area contributed by atoms with Crippen molar-refractivity contribution in [3.05, 3.63) is 59.4 Å². The summed E-state index contributed by atoms with van der Waals surface area (Å²) >= 11 is 4.94. The molecule has 0 atom stereocenters. The molecule has 0 amide bonds. The van der Waals surface area contributed by atoms with Crippen LogP contribution in [0.5, 0.6) is 0 Å². The van der Waals surface area contributed by atoms with Gasteiger partial charge in [0.05, 0.1) is 0 Å². The van der Waals surface area contributed by atoms with Gasteiger partial charge in [0.1, 0.15) is 0 Å². The van der Waals surface area contributed by atoms with Crippen molar-refractivity contribution in [3.8, 4) is 22.5 Å². The summed E-state index contributed by atoms with van der Waals surface area (Å²) in [5.74, 6) is 0.764. The summed E-state index contributed by atoms with van der Waals surface area (Å²) in [4.78, 5) is 4.19. The van der Waals surface area contributed by atoms with E-state index in [0.717, 1.165) is 11.4 Å². The van der Waals surface area contributed by atoms with Gasteiger partial charge in [0.15, 0.2) is 5.82 Å². The van der Waals surface area contributed by atoms with Crippen molar-refractivity contribution in [1.29, 1.82) is 0 Å². The van der Waals surface area contributed by atoms with Gasteiger partial charge in [-0.1, -0.05) is 54.6 Å². The van der Waals surface area contributed by atoms with Crippen LogP contribution < -0.4 is 0 Å². The number of aromatic amines is 2. The zero-order chi connectivity index (χ0) is 12.4. The number of H-pyrrole nitrogens is 2. The van der Waals surface area contributed by atoms with Gasteiger partial charge in [-0.3, -0.25) is 10.2 Å². The Labute approximate surface area is 110 Å². The number of hydrogen-bond acceptors (Lipinski definition) is 2. The molecule has 88 valence electrons. The third-order valence-electron chi connectivity index (χ3n) is 2.77. The van der Waals surface area contributed by atoms with Gasteiger partial charge in [-0.15, -0.1) is 0 Å². The van der Waals surface area contributed by atoms with Gasteiger partial charge in [0.2, 0.25) is 4.77 Å². The lowest BCUT2D eigenvalue weighted by molar-refractivity contribution is 1.08. The van der Waals surface area contributed by atoms with E-state index in [1.54, 1.807) is 0 Å². The van der Waals surface area contributed by atoms with Crippen molar-refractivity contribution in [1.82, 2.24) is 15.2 Å². The predicted molar refractivity (Wildman–Crippen MR) is 74.6 cm³/mol. The quantitative estimate of drug-likeness (QED) is 0.682. The highest BCUT2D eigenvalue weighted by atomic mass is 32.1. The molecule has 0 aliphatic carbocycles. The van der Waals surface area contributed by atoms with E-state index >= 15 is 0 Å². The summed E-state index contributed by atoms with van der Waals surface area (Å²) in [5.41, 5.74) is 3.41. The first kappa shape index (κ1) is 10.9. The summed E-state index contributed by atoms with van der Waals surface area (Å²) in [5, 5.41) is 5.73. The van der Waals surface area contributed by atoms with E-state index in [-0.39, 0.29) is 0 Å². The van der Waals surface area contributed by atoms with Crippen LogP contribution in [0.2, 0.25) is 0 Å². The molecule has 0 aliphatic rings. The molecule has 3 nitrogen and oxygen atoms in total. The number of hydrogen-bond donors (Lipinski definition) is 2. The average Bonchev–Trinajstić information content (AvgIpc) is 2.87. The van der Waals surface area contributed by atoms with Gasteiger partial charge in [0, 0.05) is 5.56 Å². The normalized spacial score (nSPS) is 10.4. The molecule has 0 saturated heterocycles. The number of benzene rings is 2. The summed E-state index contributed by atoms with van der Waals surface area (Å²) in [7, 11) is 0. The van der Waals surface area contributed by atoms with Crippen LogP contribution in [0.1, 0.15) is 0 Å². The molecule has 0 bridgehead atoms. The molecule has 0 radical (unpaired) electrons. The number of aromatic nitrogens is 3. The molecular formula is C14H11N3S. The van der Waals surface area contributed by atoms with Crippen molar-refractivity contribution in [3.63, 3.8) is 0 Å². The van der Waals surface area contributed by atoms with E-state index in [2.05, 4.69) is 39.4 Å². The summed E-state index contributed by atoms with van der Waals surface area (Å²) in [6, 6.07) is 18.5. The maximum absolute atomic E-state index is 4.94. The Morgan fingerprint density at radius 2 is 1.33 bits per heavy atom. The molecule has 3 aromatic rings. The third-order valence-corrected chi connectivity index (χ3v) is 2.96. The minimum Gasteiger partial charge on any atom is -0.282 e. The first-order valence-corrected chi connectivity index (χ1v) is 6.04. The van der Waals surface area contributed by atoms with Crippen LogP contribution in [0.25, 0.3) is 22.5 Å². The van der Waals surface area contributed by atoms with Gasteiger partial charge in [-0.05, 0) is 23.3 Å². The second kappa shape index (κ2) is 4.58. The molecule has 0 aliphatic heterocycles. The number of nitrogens with zero attached hydrogens (tertiary/aromatic N) is 1. The van der Waals surface area contributed by atoms with Crippen LogP contribution in [0.15, 0.2) is 54.6 Å². The molecule has 0 fully saturated rings. The fraction of sp³-hybridized carbons (Fsp3) is 0. The second-order valence-corrected chi connectivity index (χ2v) is 4.35. The predicted octanol–water partition coefficient (Wildman–Crippen LogP) is 3.80. The lowest BCUT2D eigenvalue weighted by Gasteiger charge is -2.02. The van der Waals surface area contributed by atoms with Crippen LogP contribution in [0.3, 0.4) is 0 Å². The summed E-state index contributed by atoms with van der Waals surface area (Å²) in [6.07, 6.45) is 0. The van der Waals surface area contributed by atoms with Crippen LogP contribution in [0.4, 0.5) is 0 Å². The van der Waals surface area contributed by atoms with E-state index in [4.69, 9.17) is 12.2 Å². The SMILES string of the molecule is S=c1nc(-c2ccc(-c3ccccc3)cc2)[nH][nH]1. The van der Waals surface area contributed by atoms with Gasteiger partial charge < -0.3 is 0 Å². The Morgan fingerprint density at radius 3 is 1.94 bits per heavy atom. The van der Waals surface area contributed by atoms with Crippen molar-refractivity contribution in [2.24, 2.45) is 0 Å². The monoisotopic (exact) mass is 253 g/mol. The average molecular weight is 253 g/mol. The first-order chi connectivity index (χ1) is 8.83. The largest absolute Gasteiger partial charge is 0.282 e. The second-order valence-electron chi connectivity index (χ2n) is 3.96. The van der Waals surface area contributed by atoms with Crippen LogP contribution in [0, 0.1) is 4.77 Å². The number of nitrogens with one attached hydrogen (secondary N) is 2. The summed E-state index contributed by atoms with van der Waals surface area (Å²) < 4.78 is 0.470. The topological polar surface area (TPSA) is 44.5 Å². The molecule has 0 unspecified atom stereocenters. The molecule has 0 spiro atoms. The smallest absolute Gasteiger partial charge is 0.213 e. The molecule has 3 rings (SSSR count). The van der Waals surface area contributed by atoms with Crippen molar-refractivity contribution in [2.75, 3.05) is 0 Å². The van der Waals surface area contributed by atoms with E-state index in [0.29, 0.717) is 4.77 Å². The third kappa shape index (κ3) is 2.10. The first-order valence-electron chi connectivity index (χ1n) is 5.63. The molecule has 18 heavy (non-hydrogen) atoms. The van der Waals surface area contributed by atoms with Crippen molar-refractivity contribution < 1.29 is 0 Å².